The van der Waals surface area contributed by atoms with Gasteiger partial charge in [0.05, 0.1) is 19.3 Å². The Labute approximate surface area is 188 Å². The molecule has 172 valence electrons. The van der Waals surface area contributed by atoms with Crippen molar-refractivity contribution in [1.82, 2.24) is 4.90 Å². The molecule has 1 aliphatic heterocycles. The smallest absolute Gasteiger partial charge is 0.410 e. The Morgan fingerprint density at radius 2 is 1.72 bits per heavy atom. The zero-order chi connectivity index (χ0) is 23.3. The third-order valence-electron chi connectivity index (χ3n) is 5.42. The summed E-state index contributed by atoms with van der Waals surface area (Å²) in [4.78, 5) is 25.9. The molecule has 2 aromatic rings. The van der Waals surface area contributed by atoms with Gasteiger partial charge in [-0.1, -0.05) is 12.1 Å². The molecular formula is C25H30FNO5. The van der Waals surface area contributed by atoms with E-state index in [0.717, 1.165) is 12.0 Å². The van der Waals surface area contributed by atoms with E-state index in [4.69, 9.17) is 14.2 Å². The van der Waals surface area contributed by atoms with Crippen molar-refractivity contribution in [2.75, 3.05) is 26.8 Å². The number of amides is 1. The maximum absolute atomic E-state index is 13.4. The summed E-state index contributed by atoms with van der Waals surface area (Å²) in [5, 5.41) is 0. The van der Waals surface area contributed by atoms with Gasteiger partial charge in [-0.25, -0.2) is 14.0 Å². The zero-order valence-corrected chi connectivity index (χ0v) is 19.0. The number of esters is 1. The summed E-state index contributed by atoms with van der Waals surface area (Å²) in [5.41, 5.74) is 0.890. The van der Waals surface area contributed by atoms with Gasteiger partial charge >= 0.3 is 12.1 Å². The first-order valence-corrected chi connectivity index (χ1v) is 10.7. The van der Waals surface area contributed by atoms with Crippen LogP contribution in [0.2, 0.25) is 0 Å². The maximum atomic E-state index is 13.4. The number of methoxy groups -OCH3 is 1. The number of nitrogens with zero attached hydrogens (tertiary/aromatic N) is 1. The first-order chi connectivity index (χ1) is 15.2. The van der Waals surface area contributed by atoms with E-state index in [1.807, 2.05) is 20.8 Å². The molecule has 0 N–H and O–H groups in total. The minimum Gasteiger partial charge on any atom is -0.493 e. The molecule has 6 nitrogen and oxygen atoms in total. The van der Waals surface area contributed by atoms with Crippen LogP contribution in [0.1, 0.15) is 49.0 Å². The molecule has 0 saturated carbocycles. The molecule has 7 heteroatoms. The summed E-state index contributed by atoms with van der Waals surface area (Å²) in [6.07, 6.45) is 0.377. The third-order valence-corrected chi connectivity index (χ3v) is 5.42. The standard InChI is InChI=1S/C25H30FNO5/c1-25(2,3)32-24(29)27-14-13-22(17-5-9-20(26)10-6-17)19(15-27)16-31-21-11-7-18(8-12-21)23(28)30-4/h5-12,19,22H,13-16H2,1-4H3/t19-,22-/m0/s1. The molecular weight excluding hydrogens is 413 g/mol. The molecule has 2 aromatic carbocycles. The average molecular weight is 444 g/mol. The minimum absolute atomic E-state index is 0.0120. The number of carbonyl (C=O) groups excluding carboxylic acids is 2. The number of benzene rings is 2. The van der Waals surface area contributed by atoms with Crippen molar-refractivity contribution in [3.05, 3.63) is 65.5 Å². The first kappa shape index (κ1) is 23.6. The fourth-order valence-electron chi connectivity index (χ4n) is 3.85. The van der Waals surface area contributed by atoms with E-state index in [0.29, 0.717) is 31.0 Å². The molecule has 3 rings (SSSR count). The number of likely N-dealkylation sites (tertiary alicyclic amines) is 1. The Morgan fingerprint density at radius 1 is 1.06 bits per heavy atom. The predicted molar refractivity (Wildman–Crippen MR) is 118 cm³/mol. The molecule has 0 unspecified atom stereocenters. The molecule has 1 aliphatic rings. The highest BCUT2D eigenvalue weighted by Gasteiger charge is 2.34. The molecule has 0 aliphatic carbocycles. The molecule has 1 amide bonds. The van der Waals surface area contributed by atoms with Gasteiger partial charge in [0.1, 0.15) is 17.2 Å². The summed E-state index contributed by atoms with van der Waals surface area (Å²) in [6.45, 7) is 6.91. The van der Waals surface area contributed by atoms with Crippen LogP contribution in [0.4, 0.5) is 9.18 Å². The van der Waals surface area contributed by atoms with Crippen LogP contribution in [0.5, 0.6) is 5.75 Å². The number of rotatable bonds is 5. The lowest BCUT2D eigenvalue weighted by Crippen LogP contribution is -2.46. The summed E-state index contributed by atoms with van der Waals surface area (Å²) in [7, 11) is 1.34. The fraction of sp³-hybridized carbons (Fsp3) is 0.440. The van der Waals surface area contributed by atoms with Crippen LogP contribution in [-0.4, -0.2) is 49.4 Å². The van der Waals surface area contributed by atoms with Gasteiger partial charge in [0.2, 0.25) is 0 Å². The fourth-order valence-corrected chi connectivity index (χ4v) is 3.85. The monoisotopic (exact) mass is 443 g/mol. The van der Waals surface area contributed by atoms with E-state index in [9.17, 15) is 14.0 Å². The van der Waals surface area contributed by atoms with Gasteiger partial charge < -0.3 is 19.1 Å². The van der Waals surface area contributed by atoms with E-state index in [1.54, 1.807) is 41.3 Å². The first-order valence-electron chi connectivity index (χ1n) is 10.7. The Hall–Kier alpha value is -3.09. The van der Waals surface area contributed by atoms with Gasteiger partial charge in [-0.2, -0.15) is 0 Å². The van der Waals surface area contributed by atoms with Gasteiger partial charge in [0.25, 0.3) is 0 Å². The normalized spacial score (nSPS) is 18.7. The van der Waals surface area contributed by atoms with Crippen molar-refractivity contribution in [2.45, 2.75) is 38.7 Å². The minimum atomic E-state index is -0.571. The van der Waals surface area contributed by atoms with Gasteiger partial charge in [-0.15, -0.1) is 0 Å². The predicted octanol–water partition coefficient (Wildman–Crippen LogP) is 5.03. The van der Waals surface area contributed by atoms with Gasteiger partial charge in [-0.3, -0.25) is 0 Å². The van der Waals surface area contributed by atoms with E-state index in [-0.39, 0.29) is 23.7 Å². The second-order valence-corrected chi connectivity index (χ2v) is 8.96. The van der Waals surface area contributed by atoms with E-state index in [2.05, 4.69) is 0 Å². The lowest BCUT2D eigenvalue weighted by Gasteiger charge is -2.39. The third kappa shape index (κ3) is 6.22. The molecule has 0 spiro atoms. The zero-order valence-electron chi connectivity index (χ0n) is 19.0. The van der Waals surface area contributed by atoms with Crippen molar-refractivity contribution in [2.24, 2.45) is 5.92 Å². The van der Waals surface area contributed by atoms with E-state index < -0.39 is 11.6 Å². The molecule has 1 heterocycles. The SMILES string of the molecule is COC(=O)c1ccc(OC[C@@H]2CN(C(=O)OC(C)(C)C)CC[C@H]2c2ccc(F)cc2)cc1. The van der Waals surface area contributed by atoms with Gasteiger partial charge in [0.15, 0.2) is 0 Å². The number of hydrogen-bond acceptors (Lipinski definition) is 5. The molecule has 1 saturated heterocycles. The van der Waals surface area contributed by atoms with Crippen molar-refractivity contribution in [3.8, 4) is 5.75 Å². The van der Waals surface area contributed by atoms with Gasteiger partial charge in [0, 0.05) is 19.0 Å². The number of ether oxygens (including phenoxy) is 3. The molecule has 0 aromatic heterocycles. The van der Waals surface area contributed by atoms with Crippen LogP contribution >= 0.6 is 0 Å². The maximum Gasteiger partial charge on any atom is 0.410 e. The Bertz CT molecular complexity index is 921. The molecule has 0 bridgehead atoms. The van der Waals surface area contributed by atoms with Crippen LogP contribution in [0.3, 0.4) is 0 Å². The van der Waals surface area contributed by atoms with E-state index in [1.165, 1.54) is 19.2 Å². The van der Waals surface area contributed by atoms with Crippen molar-refractivity contribution in [1.29, 1.82) is 0 Å². The van der Waals surface area contributed by atoms with Gasteiger partial charge in [-0.05, 0) is 75.1 Å². The quantitative estimate of drug-likeness (QED) is 0.607. The molecule has 1 fully saturated rings. The Balaban J connectivity index is 1.73. The topological polar surface area (TPSA) is 65.1 Å². The second kappa shape index (κ2) is 10.0. The van der Waals surface area contributed by atoms with Crippen LogP contribution in [0, 0.1) is 11.7 Å². The Kier molecular flexibility index (Phi) is 7.38. The highest BCUT2D eigenvalue weighted by atomic mass is 19.1. The number of hydrogen-bond donors (Lipinski definition) is 0. The lowest BCUT2D eigenvalue weighted by atomic mass is 9.81. The molecule has 0 radical (unpaired) electrons. The second-order valence-electron chi connectivity index (χ2n) is 8.96. The van der Waals surface area contributed by atoms with Crippen molar-refractivity contribution >= 4 is 12.1 Å². The Morgan fingerprint density at radius 3 is 2.31 bits per heavy atom. The van der Waals surface area contributed by atoms with Crippen LogP contribution in [0.25, 0.3) is 0 Å². The van der Waals surface area contributed by atoms with Crippen molar-refractivity contribution in [3.63, 3.8) is 0 Å². The largest absolute Gasteiger partial charge is 0.493 e. The summed E-state index contributed by atoms with van der Waals surface area (Å²) >= 11 is 0. The number of carbonyl (C=O) groups is 2. The summed E-state index contributed by atoms with van der Waals surface area (Å²) in [5.74, 6) is 0.0298. The highest BCUT2D eigenvalue weighted by Crippen LogP contribution is 2.34. The number of piperidine rings is 1. The van der Waals surface area contributed by atoms with Crippen molar-refractivity contribution < 1.29 is 28.2 Å². The molecule has 32 heavy (non-hydrogen) atoms. The van der Waals surface area contributed by atoms with E-state index >= 15 is 0 Å². The van der Waals surface area contributed by atoms with Crippen LogP contribution in [0.15, 0.2) is 48.5 Å². The summed E-state index contributed by atoms with van der Waals surface area (Å²) in [6, 6.07) is 13.2. The highest BCUT2D eigenvalue weighted by molar-refractivity contribution is 5.89. The lowest BCUT2D eigenvalue weighted by molar-refractivity contribution is 0.0111. The molecule has 2 atom stereocenters. The number of halogens is 1. The summed E-state index contributed by atoms with van der Waals surface area (Å²) < 4.78 is 29.7. The van der Waals surface area contributed by atoms with Crippen LogP contribution < -0.4 is 4.74 Å². The average Bonchev–Trinajstić information content (AvgIpc) is 2.77. The van der Waals surface area contributed by atoms with Crippen LogP contribution in [-0.2, 0) is 9.47 Å².